The van der Waals surface area contributed by atoms with E-state index in [0.717, 1.165) is 42.5 Å². The molecule has 1 heterocycles. The van der Waals surface area contributed by atoms with E-state index < -0.39 is 0 Å². The van der Waals surface area contributed by atoms with E-state index in [1.807, 2.05) is 12.3 Å². The van der Waals surface area contributed by atoms with Crippen LogP contribution in [0.3, 0.4) is 0 Å². The molecule has 0 spiro atoms. The van der Waals surface area contributed by atoms with Crippen LogP contribution in [0.2, 0.25) is 0 Å². The summed E-state index contributed by atoms with van der Waals surface area (Å²) in [5.74, 6) is 4.46. The summed E-state index contributed by atoms with van der Waals surface area (Å²) in [5.41, 5.74) is 0. The van der Waals surface area contributed by atoms with Crippen molar-refractivity contribution in [1.29, 1.82) is 0 Å². The second-order valence-corrected chi connectivity index (χ2v) is 6.46. The average molecular weight is 274 g/mol. The molecule has 3 rings (SSSR count). The van der Waals surface area contributed by atoms with Crippen molar-refractivity contribution in [3.8, 4) is 0 Å². The van der Waals surface area contributed by atoms with Crippen LogP contribution in [-0.4, -0.2) is 22.6 Å². The van der Waals surface area contributed by atoms with E-state index in [1.54, 1.807) is 0 Å². The molecule has 4 heteroatoms. The Hall–Kier alpha value is -1.32. The predicted octanol–water partition coefficient (Wildman–Crippen LogP) is 3.54. The molecule has 0 aliphatic heterocycles. The zero-order valence-corrected chi connectivity index (χ0v) is 12.6. The van der Waals surface area contributed by atoms with Crippen molar-refractivity contribution in [2.75, 3.05) is 17.2 Å². The van der Waals surface area contributed by atoms with Crippen molar-refractivity contribution in [3.63, 3.8) is 0 Å². The monoisotopic (exact) mass is 274 g/mol. The molecule has 4 nitrogen and oxygen atoms in total. The van der Waals surface area contributed by atoms with Crippen LogP contribution in [0, 0.1) is 17.8 Å². The summed E-state index contributed by atoms with van der Waals surface area (Å²) in [4.78, 5) is 8.81. The maximum Gasteiger partial charge on any atom is 0.224 e. The number of rotatable bonds is 6. The molecule has 1 aromatic heterocycles. The minimum absolute atomic E-state index is 0.513. The van der Waals surface area contributed by atoms with Crippen molar-refractivity contribution >= 4 is 11.8 Å². The third kappa shape index (κ3) is 2.89. The molecule has 2 aliphatic carbocycles. The Balaban J connectivity index is 1.59. The Labute approximate surface area is 121 Å². The molecule has 0 saturated heterocycles. The molecule has 2 saturated carbocycles. The predicted molar refractivity (Wildman–Crippen MR) is 82.8 cm³/mol. The van der Waals surface area contributed by atoms with Gasteiger partial charge in [-0.05, 0) is 56.4 Å². The molecule has 2 bridgehead atoms. The van der Waals surface area contributed by atoms with Crippen molar-refractivity contribution in [3.05, 3.63) is 12.3 Å². The van der Waals surface area contributed by atoms with Gasteiger partial charge in [0.1, 0.15) is 5.82 Å². The SMILES string of the molecule is CCCNc1nccc(NC(C)C2CC3CCC2C3)n1. The van der Waals surface area contributed by atoms with Crippen LogP contribution >= 0.6 is 0 Å². The zero-order chi connectivity index (χ0) is 13.9. The Morgan fingerprint density at radius 1 is 1.35 bits per heavy atom. The van der Waals surface area contributed by atoms with E-state index in [1.165, 1.54) is 25.7 Å². The van der Waals surface area contributed by atoms with Gasteiger partial charge in [0.2, 0.25) is 5.95 Å². The first-order valence-electron chi connectivity index (χ1n) is 8.09. The van der Waals surface area contributed by atoms with E-state index in [9.17, 15) is 0 Å². The normalized spacial score (nSPS) is 29.4. The first-order valence-corrected chi connectivity index (χ1v) is 8.09. The van der Waals surface area contributed by atoms with Crippen molar-refractivity contribution < 1.29 is 0 Å². The van der Waals surface area contributed by atoms with Gasteiger partial charge in [-0.1, -0.05) is 13.3 Å². The highest BCUT2D eigenvalue weighted by Gasteiger charge is 2.41. The van der Waals surface area contributed by atoms with Crippen LogP contribution in [0.1, 0.15) is 46.0 Å². The zero-order valence-electron chi connectivity index (χ0n) is 12.6. The maximum absolute atomic E-state index is 4.55. The van der Waals surface area contributed by atoms with Crippen LogP contribution in [0.4, 0.5) is 11.8 Å². The second-order valence-electron chi connectivity index (χ2n) is 6.46. The summed E-state index contributed by atoms with van der Waals surface area (Å²) < 4.78 is 0. The molecule has 4 unspecified atom stereocenters. The molecule has 0 aromatic carbocycles. The summed E-state index contributed by atoms with van der Waals surface area (Å²) in [6, 6.07) is 2.49. The molecule has 4 atom stereocenters. The molecule has 110 valence electrons. The molecule has 20 heavy (non-hydrogen) atoms. The molecular weight excluding hydrogens is 248 g/mol. The smallest absolute Gasteiger partial charge is 0.224 e. The topological polar surface area (TPSA) is 49.8 Å². The lowest BCUT2D eigenvalue weighted by atomic mass is 9.84. The van der Waals surface area contributed by atoms with Crippen molar-refractivity contribution in [1.82, 2.24) is 9.97 Å². The van der Waals surface area contributed by atoms with Crippen molar-refractivity contribution in [2.45, 2.75) is 52.0 Å². The Morgan fingerprint density at radius 2 is 2.25 bits per heavy atom. The Morgan fingerprint density at radius 3 is 2.95 bits per heavy atom. The van der Waals surface area contributed by atoms with Gasteiger partial charge in [0.05, 0.1) is 0 Å². The van der Waals surface area contributed by atoms with Gasteiger partial charge in [-0.25, -0.2) is 4.98 Å². The van der Waals surface area contributed by atoms with Gasteiger partial charge in [-0.3, -0.25) is 0 Å². The largest absolute Gasteiger partial charge is 0.367 e. The number of fused-ring (bicyclic) bond motifs is 2. The van der Waals surface area contributed by atoms with Crippen LogP contribution in [0.5, 0.6) is 0 Å². The third-order valence-electron chi connectivity index (χ3n) is 5.00. The van der Waals surface area contributed by atoms with E-state index in [2.05, 4.69) is 34.4 Å². The lowest BCUT2D eigenvalue weighted by Gasteiger charge is -2.28. The molecule has 2 N–H and O–H groups in total. The highest BCUT2D eigenvalue weighted by Crippen LogP contribution is 2.49. The molecule has 0 radical (unpaired) electrons. The molecule has 0 amide bonds. The maximum atomic E-state index is 4.55. The van der Waals surface area contributed by atoms with Gasteiger partial charge in [0.15, 0.2) is 0 Å². The quantitative estimate of drug-likeness (QED) is 0.833. The average Bonchev–Trinajstić information content (AvgIpc) is 3.08. The first-order chi connectivity index (χ1) is 9.76. The number of aromatic nitrogens is 2. The van der Waals surface area contributed by atoms with E-state index >= 15 is 0 Å². The van der Waals surface area contributed by atoms with Crippen LogP contribution in [0.15, 0.2) is 12.3 Å². The highest BCUT2D eigenvalue weighted by atomic mass is 15.1. The number of hydrogen-bond donors (Lipinski definition) is 2. The minimum atomic E-state index is 0.513. The number of nitrogens with one attached hydrogen (secondary N) is 2. The Bertz CT molecular complexity index is 448. The molecular formula is C16H26N4. The second kappa shape index (κ2) is 5.98. The van der Waals surface area contributed by atoms with E-state index in [-0.39, 0.29) is 0 Å². The minimum Gasteiger partial charge on any atom is -0.367 e. The van der Waals surface area contributed by atoms with Crippen LogP contribution in [-0.2, 0) is 0 Å². The summed E-state index contributed by atoms with van der Waals surface area (Å²) in [7, 11) is 0. The van der Waals surface area contributed by atoms with Gasteiger partial charge >= 0.3 is 0 Å². The van der Waals surface area contributed by atoms with Gasteiger partial charge in [-0.2, -0.15) is 4.98 Å². The third-order valence-corrected chi connectivity index (χ3v) is 5.00. The van der Waals surface area contributed by atoms with Gasteiger partial charge in [-0.15, -0.1) is 0 Å². The highest BCUT2D eigenvalue weighted by molar-refractivity contribution is 5.40. The number of nitrogens with zero attached hydrogens (tertiary/aromatic N) is 2. The van der Waals surface area contributed by atoms with Crippen LogP contribution in [0.25, 0.3) is 0 Å². The number of hydrogen-bond acceptors (Lipinski definition) is 4. The summed E-state index contributed by atoms with van der Waals surface area (Å²) >= 11 is 0. The van der Waals surface area contributed by atoms with Gasteiger partial charge in [0, 0.05) is 18.8 Å². The van der Waals surface area contributed by atoms with E-state index in [4.69, 9.17) is 0 Å². The summed E-state index contributed by atoms with van der Waals surface area (Å²) in [5, 5.41) is 6.84. The van der Waals surface area contributed by atoms with Crippen LogP contribution < -0.4 is 10.6 Å². The summed E-state index contributed by atoms with van der Waals surface area (Å²) in [6.07, 6.45) is 8.69. The fourth-order valence-corrected chi connectivity index (χ4v) is 4.01. The molecule has 2 aliphatic rings. The fraction of sp³-hybridized carbons (Fsp3) is 0.750. The van der Waals surface area contributed by atoms with E-state index in [0.29, 0.717) is 6.04 Å². The number of anilines is 2. The summed E-state index contributed by atoms with van der Waals surface area (Å²) in [6.45, 7) is 5.38. The lowest BCUT2D eigenvalue weighted by molar-refractivity contribution is 0.304. The van der Waals surface area contributed by atoms with Gasteiger partial charge in [0.25, 0.3) is 0 Å². The first kappa shape index (κ1) is 13.7. The molecule has 1 aromatic rings. The fourth-order valence-electron chi connectivity index (χ4n) is 4.01. The Kier molecular flexibility index (Phi) is 4.08. The van der Waals surface area contributed by atoms with Gasteiger partial charge < -0.3 is 10.6 Å². The standard InChI is InChI=1S/C16H26N4/c1-3-7-17-16-18-8-6-15(20-16)19-11(2)14-10-12-4-5-13(14)9-12/h6,8,11-14H,3-5,7,9-10H2,1-2H3,(H2,17,18,19,20). The lowest BCUT2D eigenvalue weighted by Crippen LogP contribution is -2.30. The molecule has 2 fully saturated rings. The van der Waals surface area contributed by atoms with Crippen molar-refractivity contribution in [2.24, 2.45) is 17.8 Å².